The van der Waals surface area contributed by atoms with Gasteiger partial charge in [-0.2, -0.15) is 5.26 Å². The molecule has 1 saturated carbocycles. The predicted molar refractivity (Wildman–Crippen MR) is 162 cm³/mol. The second-order valence-electron chi connectivity index (χ2n) is 12.2. The third kappa shape index (κ3) is 6.72. The van der Waals surface area contributed by atoms with Crippen LogP contribution in [0.1, 0.15) is 91.7 Å². The number of benzene rings is 1. The number of nitriles is 1. The molecule has 1 unspecified atom stereocenters. The van der Waals surface area contributed by atoms with E-state index in [0.717, 1.165) is 41.8 Å². The van der Waals surface area contributed by atoms with Crippen molar-refractivity contribution in [3.8, 4) is 11.8 Å². The van der Waals surface area contributed by atoms with Crippen molar-refractivity contribution in [2.75, 3.05) is 31.1 Å². The minimum atomic E-state index is -0.870. The van der Waals surface area contributed by atoms with Crippen LogP contribution in [-0.2, 0) is 16.8 Å². The highest BCUT2D eigenvalue weighted by Gasteiger charge is 2.33. The maximum Gasteiger partial charge on any atom is 0.303 e. The molecule has 9 nitrogen and oxygen atoms in total. The lowest BCUT2D eigenvalue weighted by Crippen LogP contribution is -2.31. The number of fused-ring (bicyclic) bond motifs is 1. The van der Waals surface area contributed by atoms with Gasteiger partial charge in [-0.15, -0.1) is 17.0 Å². The molecule has 41 heavy (non-hydrogen) atoms. The summed E-state index contributed by atoms with van der Waals surface area (Å²) in [5.74, 6) is 0.363. The molecule has 3 aliphatic rings. The molecule has 2 aromatic rings. The Bertz CT molecular complexity index is 1390. The Morgan fingerprint density at radius 1 is 1.22 bits per heavy atom. The number of anilines is 1. The number of carboxylic acid groups (broad SMARTS) is 1. The van der Waals surface area contributed by atoms with Gasteiger partial charge in [-0.05, 0) is 49.3 Å². The lowest BCUT2D eigenvalue weighted by atomic mass is 9.84. The Labute approximate surface area is 251 Å². The average Bonchev–Trinajstić information content (AvgIpc) is 3.57. The Morgan fingerprint density at radius 3 is 2.61 bits per heavy atom. The highest BCUT2D eigenvalue weighted by molar-refractivity contribution is 8.93. The summed E-state index contributed by atoms with van der Waals surface area (Å²) in [5.41, 5.74) is 4.49. The first-order valence-electron chi connectivity index (χ1n) is 14.1. The zero-order valence-corrected chi connectivity index (χ0v) is 25.6. The molecule has 1 aliphatic carbocycles. The van der Waals surface area contributed by atoms with E-state index in [1.807, 2.05) is 18.2 Å². The number of halogens is 1. The number of aliphatic carboxylic acids is 1. The van der Waals surface area contributed by atoms with Gasteiger partial charge >= 0.3 is 5.97 Å². The van der Waals surface area contributed by atoms with E-state index >= 15 is 0 Å². The van der Waals surface area contributed by atoms with E-state index in [4.69, 9.17) is 20.2 Å². The maximum absolute atomic E-state index is 13.8. The molecule has 0 spiro atoms. The summed E-state index contributed by atoms with van der Waals surface area (Å²) in [6, 6.07) is 10.2. The summed E-state index contributed by atoms with van der Waals surface area (Å²) in [5, 5.41) is 27.3. The number of Topliss-reactive ketones (excluding diaryl/α,β-unsaturated/α-hetero) is 1. The van der Waals surface area contributed by atoms with Crippen LogP contribution in [-0.4, -0.2) is 58.8 Å². The summed E-state index contributed by atoms with van der Waals surface area (Å²) in [6.45, 7) is 8.18. The molecule has 0 radical (unpaired) electrons. The highest BCUT2D eigenvalue weighted by Crippen LogP contribution is 2.43. The van der Waals surface area contributed by atoms with Gasteiger partial charge in [0, 0.05) is 54.4 Å². The van der Waals surface area contributed by atoms with Crippen molar-refractivity contribution in [2.24, 2.45) is 5.92 Å². The second kappa shape index (κ2) is 12.2. The van der Waals surface area contributed by atoms with Crippen LogP contribution in [0.5, 0.6) is 5.75 Å². The minimum Gasteiger partial charge on any atom is -0.491 e. The molecule has 10 heteroatoms. The van der Waals surface area contributed by atoms with E-state index in [2.05, 4.69) is 37.8 Å². The number of hydrogen-bond donors (Lipinski definition) is 2. The topological polar surface area (TPSA) is 131 Å². The Kier molecular flexibility index (Phi) is 9.07. The predicted octanol–water partition coefficient (Wildman–Crippen LogP) is 5.45. The van der Waals surface area contributed by atoms with Crippen LogP contribution in [0.4, 0.5) is 5.69 Å². The fraction of sp³-hybridized carbons (Fsp3) is 0.516. The van der Waals surface area contributed by atoms with Gasteiger partial charge in [0.1, 0.15) is 17.3 Å². The molecule has 1 aromatic carbocycles. The van der Waals surface area contributed by atoms with E-state index in [1.165, 1.54) is 0 Å². The van der Waals surface area contributed by atoms with Crippen molar-refractivity contribution in [2.45, 2.75) is 70.8 Å². The van der Waals surface area contributed by atoms with Gasteiger partial charge in [0.25, 0.3) is 0 Å². The Balaban J connectivity index is 0.00000387. The summed E-state index contributed by atoms with van der Waals surface area (Å²) < 4.78 is 6.24. The van der Waals surface area contributed by atoms with Crippen LogP contribution in [0.2, 0.25) is 0 Å². The Morgan fingerprint density at radius 2 is 1.98 bits per heavy atom. The van der Waals surface area contributed by atoms with E-state index < -0.39 is 5.97 Å². The number of amidine groups is 1. The van der Waals surface area contributed by atoms with Crippen molar-refractivity contribution >= 4 is 40.3 Å². The number of carbonyl (C=O) groups excluding carboxylic acids is 1. The summed E-state index contributed by atoms with van der Waals surface area (Å²) in [6.07, 6.45) is 3.40. The van der Waals surface area contributed by atoms with Gasteiger partial charge < -0.3 is 19.6 Å². The van der Waals surface area contributed by atoms with Crippen LogP contribution in [0.25, 0.3) is 0 Å². The first-order chi connectivity index (χ1) is 19.0. The minimum absolute atomic E-state index is 0. The highest BCUT2D eigenvalue weighted by atomic mass is 79.9. The smallest absolute Gasteiger partial charge is 0.303 e. The molecule has 5 rings (SSSR count). The van der Waals surface area contributed by atoms with Crippen molar-refractivity contribution in [1.82, 2.24) is 9.88 Å². The van der Waals surface area contributed by atoms with Crippen molar-refractivity contribution in [1.29, 1.82) is 10.7 Å². The third-order valence-corrected chi connectivity index (χ3v) is 7.92. The van der Waals surface area contributed by atoms with E-state index in [-0.39, 0.29) is 59.5 Å². The summed E-state index contributed by atoms with van der Waals surface area (Å²) in [7, 11) is 0. The molecule has 2 N–H and O–H groups in total. The van der Waals surface area contributed by atoms with Gasteiger partial charge in [-0.1, -0.05) is 26.8 Å². The van der Waals surface area contributed by atoms with Crippen LogP contribution in [0.3, 0.4) is 0 Å². The molecule has 1 aromatic heterocycles. The number of carbonyl (C=O) groups is 2. The van der Waals surface area contributed by atoms with Gasteiger partial charge in [0.15, 0.2) is 5.78 Å². The fourth-order valence-corrected chi connectivity index (χ4v) is 5.48. The van der Waals surface area contributed by atoms with E-state index in [0.29, 0.717) is 49.0 Å². The van der Waals surface area contributed by atoms with Crippen LogP contribution in [0.15, 0.2) is 24.3 Å². The average molecular weight is 625 g/mol. The lowest BCUT2D eigenvalue weighted by Gasteiger charge is -2.30. The monoisotopic (exact) mass is 623 g/mol. The number of ether oxygens (including phenoxy) is 1. The van der Waals surface area contributed by atoms with Crippen molar-refractivity contribution < 1.29 is 19.4 Å². The van der Waals surface area contributed by atoms with E-state index in [9.17, 15) is 14.9 Å². The number of rotatable bonds is 10. The molecule has 3 heterocycles. The second-order valence-corrected chi connectivity index (χ2v) is 12.2. The lowest BCUT2D eigenvalue weighted by molar-refractivity contribution is -0.137. The van der Waals surface area contributed by atoms with Crippen LogP contribution in [0, 0.1) is 22.7 Å². The first kappa shape index (κ1) is 30.5. The molecule has 0 amide bonds. The van der Waals surface area contributed by atoms with E-state index in [1.54, 1.807) is 4.90 Å². The Hall–Kier alpha value is -3.45. The zero-order chi connectivity index (χ0) is 28.6. The number of carboxylic acids is 1. The molecule has 218 valence electrons. The summed E-state index contributed by atoms with van der Waals surface area (Å²) >= 11 is 0. The van der Waals surface area contributed by atoms with Gasteiger partial charge in [-0.25, -0.2) is 4.98 Å². The third-order valence-electron chi connectivity index (χ3n) is 7.92. The summed E-state index contributed by atoms with van der Waals surface area (Å²) in [4.78, 5) is 33.4. The quantitative estimate of drug-likeness (QED) is 0.264. The molecular weight excluding hydrogens is 586 g/mol. The molecular formula is C31H38BrN5O4. The largest absolute Gasteiger partial charge is 0.491 e. The number of pyridine rings is 1. The number of hydrogen-bond acceptors (Lipinski definition) is 7. The standard InChI is InChI=1S/C31H37N5O4.BrH/c1-31(2,3)23-13-22(14-25(35-11-10-19(15-32)16-35)29(23)40-12-4-5-27(38)39)26(37)18-36-17-21-8-9-24(20-6-7-20)34-28(21)30(36)33;/h8-9,13-14,19-20,33H,4-7,10-12,16-18H2,1-3H3,(H,38,39);1H. The normalized spacial score (nSPS) is 18.1. The number of nitrogens with one attached hydrogen (secondary N) is 1. The number of ketones is 1. The number of nitrogens with zero attached hydrogens (tertiary/aromatic N) is 4. The molecule has 1 atom stereocenters. The van der Waals surface area contributed by atoms with Gasteiger partial charge in [-0.3, -0.25) is 15.0 Å². The fourth-order valence-electron chi connectivity index (χ4n) is 5.48. The molecule has 2 aliphatic heterocycles. The van der Waals surface area contributed by atoms with Gasteiger partial charge in [0.2, 0.25) is 0 Å². The van der Waals surface area contributed by atoms with Gasteiger partial charge in [0.05, 0.1) is 30.8 Å². The van der Waals surface area contributed by atoms with Crippen LogP contribution >= 0.6 is 17.0 Å². The number of aromatic nitrogens is 1. The maximum atomic E-state index is 13.8. The molecule has 1 saturated heterocycles. The molecule has 0 bridgehead atoms. The SMILES string of the molecule is Br.CC(C)(C)c1cc(C(=O)CN2Cc3ccc(C4CC4)nc3C2=N)cc(N2CCC(C#N)C2)c1OCCCC(=O)O. The first-order valence-corrected chi connectivity index (χ1v) is 14.1. The van der Waals surface area contributed by atoms with Crippen LogP contribution < -0.4 is 9.64 Å². The zero-order valence-electron chi connectivity index (χ0n) is 23.9. The van der Waals surface area contributed by atoms with Crippen molar-refractivity contribution in [3.63, 3.8) is 0 Å². The molecule has 2 fully saturated rings. The van der Waals surface area contributed by atoms with Crippen molar-refractivity contribution in [3.05, 3.63) is 52.3 Å².